The van der Waals surface area contributed by atoms with Crippen molar-refractivity contribution >= 4 is 28.9 Å². The number of hydrogen-bond donors (Lipinski definition) is 2. The van der Waals surface area contributed by atoms with E-state index < -0.39 is 4.92 Å². The van der Waals surface area contributed by atoms with Gasteiger partial charge in [0.05, 0.1) is 10.6 Å². The van der Waals surface area contributed by atoms with Crippen LogP contribution in [0.2, 0.25) is 0 Å². The third-order valence-corrected chi connectivity index (χ3v) is 4.87. The summed E-state index contributed by atoms with van der Waals surface area (Å²) in [6, 6.07) is 16.0. The van der Waals surface area contributed by atoms with Crippen LogP contribution >= 0.6 is 0 Å². The van der Waals surface area contributed by atoms with Crippen LogP contribution in [-0.2, 0) is 13.6 Å². The Morgan fingerprint density at radius 1 is 1.17 bits per heavy atom. The van der Waals surface area contributed by atoms with Gasteiger partial charge < -0.3 is 10.6 Å². The molecule has 2 aromatic carbocycles. The van der Waals surface area contributed by atoms with Crippen molar-refractivity contribution in [3.05, 3.63) is 86.2 Å². The molecule has 0 unspecified atom stereocenters. The number of fused-ring (bicyclic) bond motifs is 1. The summed E-state index contributed by atoms with van der Waals surface area (Å²) in [5, 5.41) is 17.2. The van der Waals surface area contributed by atoms with Crippen LogP contribution in [0.25, 0.3) is 0 Å². The van der Waals surface area contributed by atoms with Crippen LogP contribution in [0.15, 0.2) is 64.4 Å². The van der Waals surface area contributed by atoms with Gasteiger partial charge in [-0.3, -0.25) is 19.5 Å². The summed E-state index contributed by atoms with van der Waals surface area (Å²) in [5.74, 6) is 0.870. The van der Waals surface area contributed by atoms with Gasteiger partial charge in [0.1, 0.15) is 0 Å². The van der Waals surface area contributed by atoms with Crippen LogP contribution in [0.4, 0.5) is 23.1 Å². The van der Waals surface area contributed by atoms with Crippen molar-refractivity contribution in [2.24, 2.45) is 12.0 Å². The zero-order valence-electron chi connectivity index (χ0n) is 16.3. The molecule has 0 bridgehead atoms. The minimum atomic E-state index is -0.445. The Labute approximate surface area is 172 Å². The van der Waals surface area contributed by atoms with Crippen molar-refractivity contribution < 1.29 is 4.92 Å². The molecular formula is C21H20N6O3. The van der Waals surface area contributed by atoms with Crippen molar-refractivity contribution in [1.29, 1.82) is 0 Å². The fraction of sp³-hybridized carbons (Fsp3) is 0.190. The Balaban J connectivity index is 1.66. The molecule has 0 aliphatic carbocycles. The molecule has 9 heteroatoms. The molecule has 0 amide bonds. The minimum Gasteiger partial charge on any atom is -0.368 e. The second-order valence-corrected chi connectivity index (χ2v) is 6.88. The van der Waals surface area contributed by atoms with Gasteiger partial charge in [-0.25, -0.2) is 4.99 Å². The van der Waals surface area contributed by atoms with Crippen LogP contribution in [0.5, 0.6) is 0 Å². The van der Waals surface area contributed by atoms with Crippen molar-refractivity contribution in [2.75, 3.05) is 17.2 Å². The number of nitro benzene ring substituents is 1. The molecule has 4 rings (SSSR count). The Bertz CT molecular complexity index is 1170. The van der Waals surface area contributed by atoms with Crippen molar-refractivity contribution in [2.45, 2.75) is 13.0 Å². The lowest BCUT2D eigenvalue weighted by molar-refractivity contribution is -0.384. The monoisotopic (exact) mass is 404 g/mol. The fourth-order valence-corrected chi connectivity index (χ4v) is 3.22. The number of non-ortho nitro benzene ring substituents is 1. The molecule has 30 heavy (non-hydrogen) atoms. The van der Waals surface area contributed by atoms with E-state index in [1.165, 1.54) is 16.7 Å². The highest BCUT2D eigenvalue weighted by Gasteiger charge is 2.19. The SMILES string of the molecule is Cn1c(NCc2ccccc2)nc2c(c1=O)N=C(c1ccc([N+](=O)[O-])cc1)CCN2. The minimum absolute atomic E-state index is 0.0122. The van der Waals surface area contributed by atoms with Crippen molar-refractivity contribution in [3.63, 3.8) is 0 Å². The van der Waals surface area contributed by atoms with Gasteiger partial charge in [0.25, 0.3) is 11.2 Å². The Kier molecular flexibility index (Phi) is 5.25. The lowest BCUT2D eigenvalue weighted by Gasteiger charge is -2.13. The van der Waals surface area contributed by atoms with Gasteiger partial charge in [0.2, 0.25) is 5.95 Å². The first-order chi connectivity index (χ1) is 14.5. The molecule has 1 aromatic heterocycles. The molecule has 0 saturated carbocycles. The van der Waals surface area contributed by atoms with E-state index in [1.807, 2.05) is 30.3 Å². The normalized spacial score (nSPS) is 12.9. The molecule has 2 heterocycles. The predicted octanol–water partition coefficient (Wildman–Crippen LogP) is 3.24. The number of benzene rings is 2. The zero-order chi connectivity index (χ0) is 21.1. The third kappa shape index (κ3) is 3.90. The Morgan fingerprint density at radius 3 is 2.60 bits per heavy atom. The van der Waals surface area contributed by atoms with Crippen LogP contribution in [0.3, 0.4) is 0 Å². The Morgan fingerprint density at radius 2 is 1.90 bits per heavy atom. The average molecular weight is 404 g/mol. The maximum absolute atomic E-state index is 13.0. The standard InChI is InChI=1S/C21H20N6O3/c1-26-20(28)18-19(25-21(26)23-13-14-5-3-2-4-6-14)22-12-11-17(24-18)15-7-9-16(10-8-15)27(29)30/h2-10,22H,11-13H2,1H3,(H,23,25). The van der Waals surface area contributed by atoms with E-state index in [0.29, 0.717) is 37.0 Å². The number of nitro groups is 1. The summed E-state index contributed by atoms with van der Waals surface area (Å²) in [6.07, 6.45) is 0.560. The van der Waals surface area contributed by atoms with E-state index in [9.17, 15) is 14.9 Å². The van der Waals surface area contributed by atoms with Crippen LogP contribution in [0, 0.1) is 10.1 Å². The third-order valence-electron chi connectivity index (χ3n) is 4.87. The van der Waals surface area contributed by atoms with Crippen molar-refractivity contribution in [3.8, 4) is 0 Å². The number of aromatic nitrogens is 2. The van der Waals surface area contributed by atoms with Gasteiger partial charge >= 0.3 is 0 Å². The van der Waals surface area contributed by atoms with E-state index in [4.69, 9.17) is 0 Å². The molecule has 0 saturated heterocycles. The maximum atomic E-state index is 13.0. The molecular weight excluding hydrogens is 384 g/mol. The smallest absolute Gasteiger partial charge is 0.282 e. The van der Waals surface area contributed by atoms with Gasteiger partial charge in [-0.05, 0) is 23.3 Å². The molecule has 1 aliphatic rings. The molecule has 2 N–H and O–H groups in total. The maximum Gasteiger partial charge on any atom is 0.282 e. The average Bonchev–Trinajstić information content (AvgIpc) is 2.99. The fourth-order valence-electron chi connectivity index (χ4n) is 3.22. The van der Waals surface area contributed by atoms with E-state index in [1.54, 1.807) is 19.2 Å². The first-order valence-corrected chi connectivity index (χ1v) is 9.48. The number of hydrogen-bond acceptors (Lipinski definition) is 7. The highest BCUT2D eigenvalue weighted by Crippen LogP contribution is 2.25. The van der Waals surface area contributed by atoms with E-state index in [2.05, 4.69) is 20.6 Å². The van der Waals surface area contributed by atoms with E-state index in [-0.39, 0.29) is 16.9 Å². The molecule has 0 atom stereocenters. The summed E-state index contributed by atoms with van der Waals surface area (Å²) in [5.41, 5.74) is 2.47. The molecule has 9 nitrogen and oxygen atoms in total. The summed E-state index contributed by atoms with van der Waals surface area (Å²) in [4.78, 5) is 32.5. The quantitative estimate of drug-likeness (QED) is 0.498. The van der Waals surface area contributed by atoms with E-state index in [0.717, 1.165) is 11.1 Å². The lowest BCUT2D eigenvalue weighted by Crippen LogP contribution is -2.23. The second kappa shape index (κ2) is 8.16. The predicted molar refractivity (Wildman–Crippen MR) is 116 cm³/mol. The number of aliphatic imine (C=N–C) groups is 1. The van der Waals surface area contributed by atoms with E-state index >= 15 is 0 Å². The summed E-state index contributed by atoms with van der Waals surface area (Å²) < 4.78 is 1.44. The van der Waals surface area contributed by atoms with Crippen LogP contribution in [0.1, 0.15) is 17.5 Å². The van der Waals surface area contributed by atoms with Gasteiger partial charge in [-0.2, -0.15) is 4.98 Å². The highest BCUT2D eigenvalue weighted by molar-refractivity contribution is 6.03. The highest BCUT2D eigenvalue weighted by atomic mass is 16.6. The van der Waals surface area contributed by atoms with Gasteiger partial charge in [-0.15, -0.1) is 0 Å². The number of nitrogens with zero attached hydrogens (tertiary/aromatic N) is 4. The molecule has 0 spiro atoms. The molecule has 1 aliphatic heterocycles. The summed E-state index contributed by atoms with van der Waals surface area (Å²) in [6.45, 7) is 1.08. The van der Waals surface area contributed by atoms with Crippen LogP contribution in [-0.4, -0.2) is 26.7 Å². The first-order valence-electron chi connectivity index (χ1n) is 9.48. The Hall–Kier alpha value is -4.01. The molecule has 3 aromatic rings. The number of anilines is 2. The second-order valence-electron chi connectivity index (χ2n) is 6.88. The van der Waals surface area contributed by atoms with Crippen molar-refractivity contribution in [1.82, 2.24) is 9.55 Å². The number of rotatable bonds is 5. The number of nitrogens with one attached hydrogen (secondary N) is 2. The lowest BCUT2D eigenvalue weighted by atomic mass is 10.1. The molecule has 0 fully saturated rings. The zero-order valence-corrected chi connectivity index (χ0v) is 16.3. The van der Waals surface area contributed by atoms with Gasteiger partial charge in [0, 0.05) is 38.7 Å². The summed E-state index contributed by atoms with van der Waals surface area (Å²) >= 11 is 0. The topological polar surface area (TPSA) is 114 Å². The van der Waals surface area contributed by atoms with Gasteiger partial charge in [0.15, 0.2) is 11.5 Å². The van der Waals surface area contributed by atoms with Gasteiger partial charge in [-0.1, -0.05) is 30.3 Å². The molecule has 152 valence electrons. The largest absolute Gasteiger partial charge is 0.368 e. The summed E-state index contributed by atoms with van der Waals surface area (Å²) in [7, 11) is 1.65. The molecule has 0 radical (unpaired) electrons. The first kappa shape index (κ1) is 19.3. The van der Waals surface area contributed by atoms with Crippen LogP contribution < -0.4 is 16.2 Å².